The van der Waals surface area contributed by atoms with Crippen LogP contribution in [0.3, 0.4) is 0 Å². The highest BCUT2D eigenvalue weighted by Crippen LogP contribution is 2.09. The molecule has 3 heterocycles. The number of urea groups is 1. The molecule has 0 aromatic carbocycles. The molecule has 114 valence electrons. The maximum Gasteiger partial charge on any atom is 0.320 e. The van der Waals surface area contributed by atoms with E-state index < -0.39 is 0 Å². The Balaban J connectivity index is 1.63. The van der Waals surface area contributed by atoms with Crippen molar-refractivity contribution in [2.45, 2.75) is 20.4 Å². The van der Waals surface area contributed by atoms with Crippen molar-refractivity contribution in [1.82, 2.24) is 24.5 Å². The molecule has 0 aliphatic heterocycles. The molecule has 0 atom stereocenters. The predicted molar refractivity (Wildman–Crippen MR) is 83.7 cm³/mol. The van der Waals surface area contributed by atoms with Gasteiger partial charge in [0.1, 0.15) is 11.5 Å². The zero-order valence-corrected chi connectivity index (χ0v) is 12.8. The topological polar surface area (TPSA) is 76.2 Å². The SMILES string of the molecule is Cc1ccn2cc(CNC(=O)Nc3cc(C)nn3C)nc2c1. The quantitative estimate of drug-likeness (QED) is 0.776. The number of pyridine rings is 1. The Morgan fingerprint density at radius 2 is 2.14 bits per heavy atom. The second-order valence-electron chi connectivity index (χ2n) is 5.30. The molecule has 7 nitrogen and oxygen atoms in total. The van der Waals surface area contributed by atoms with Gasteiger partial charge < -0.3 is 9.72 Å². The van der Waals surface area contributed by atoms with Crippen molar-refractivity contribution >= 4 is 17.5 Å². The van der Waals surface area contributed by atoms with Crippen molar-refractivity contribution in [2.24, 2.45) is 7.05 Å². The monoisotopic (exact) mass is 298 g/mol. The van der Waals surface area contributed by atoms with Crippen LogP contribution in [0.2, 0.25) is 0 Å². The summed E-state index contributed by atoms with van der Waals surface area (Å²) in [4.78, 5) is 16.4. The number of carbonyl (C=O) groups is 1. The zero-order valence-electron chi connectivity index (χ0n) is 12.8. The number of rotatable bonds is 3. The van der Waals surface area contributed by atoms with Gasteiger partial charge in [-0.1, -0.05) is 0 Å². The first-order chi connectivity index (χ1) is 10.5. The Hall–Kier alpha value is -2.83. The summed E-state index contributed by atoms with van der Waals surface area (Å²) in [5.41, 5.74) is 3.69. The minimum absolute atomic E-state index is 0.281. The number of carbonyl (C=O) groups excluding carboxylic acids is 1. The highest BCUT2D eigenvalue weighted by molar-refractivity contribution is 5.88. The number of aryl methyl sites for hydroxylation is 3. The number of amides is 2. The lowest BCUT2D eigenvalue weighted by atomic mass is 10.3. The van der Waals surface area contributed by atoms with Gasteiger partial charge in [0.15, 0.2) is 0 Å². The fraction of sp³-hybridized carbons (Fsp3) is 0.267. The average molecular weight is 298 g/mol. The molecule has 7 heteroatoms. The molecule has 0 unspecified atom stereocenters. The summed E-state index contributed by atoms with van der Waals surface area (Å²) in [5.74, 6) is 0.653. The summed E-state index contributed by atoms with van der Waals surface area (Å²) in [7, 11) is 1.78. The van der Waals surface area contributed by atoms with Crippen LogP contribution in [0.5, 0.6) is 0 Å². The fourth-order valence-corrected chi connectivity index (χ4v) is 2.28. The van der Waals surface area contributed by atoms with E-state index in [4.69, 9.17) is 0 Å². The molecule has 0 saturated carbocycles. The summed E-state index contributed by atoms with van der Waals surface area (Å²) < 4.78 is 3.56. The maximum atomic E-state index is 11.9. The minimum atomic E-state index is -0.281. The van der Waals surface area contributed by atoms with Crippen molar-refractivity contribution < 1.29 is 4.79 Å². The number of nitrogens with one attached hydrogen (secondary N) is 2. The van der Waals surface area contributed by atoms with Crippen LogP contribution in [0.1, 0.15) is 17.0 Å². The lowest BCUT2D eigenvalue weighted by molar-refractivity contribution is 0.251. The molecule has 3 rings (SSSR count). The van der Waals surface area contributed by atoms with Crippen LogP contribution in [0.25, 0.3) is 5.65 Å². The fourth-order valence-electron chi connectivity index (χ4n) is 2.28. The molecule has 0 saturated heterocycles. The number of imidazole rings is 1. The first-order valence-corrected chi connectivity index (χ1v) is 7.01. The van der Waals surface area contributed by atoms with Gasteiger partial charge in [0.2, 0.25) is 0 Å². The molecule has 0 aliphatic carbocycles. The Morgan fingerprint density at radius 1 is 1.32 bits per heavy atom. The van der Waals surface area contributed by atoms with E-state index >= 15 is 0 Å². The molecule has 3 aromatic heterocycles. The van der Waals surface area contributed by atoms with E-state index in [0.717, 1.165) is 22.6 Å². The van der Waals surface area contributed by atoms with Crippen molar-refractivity contribution in [2.75, 3.05) is 5.32 Å². The van der Waals surface area contributed by atoms with Gasteiger partial charge >= 0.3 is 6.03 Å². The molecule has 22 heavy (non-hydrogen) atoms. The summed E-state index contributed by atoms with van der Waals surface area (Å²) in [5, 5.41) is 9.73. The second kappa shape index (κ2) is 5.51. The van der Waals surface area contributed by atoms with Gasteiger partial charge in [-0.25, -0.2) is 9.78 Å². The van der Waals surface area contributed by atoms with E-state index in [2.05, 4.69) is 20.7 Å². The van der Waals surface area contributed by atoms with Gasteiger partial charge in [-0.2, -0.15) is 5.10 Å². The van der Waals surface area contributed by atoms with E-state index in [1.165, 1.54) is 0 Å². The van der Waals surface area contributed by atoms with Crippen molar-refractivity contribution in [3.05, 3.63) is 47.5 Å². The van der Waals surface area contributed by atoms with Gasteiger partial charge in [-0.3, -0.25) is 10.00 Å². The number of nitrogens with zero attached hydrogens (tertiary/aromatic N) is 4. The van der Waals surface area contributed by atoms with E-state index in [9.17, 15) is 4.79 Å². The van der Waals surface area contributed by atoms with Crippen molar-refractivity contribution in [3.63, 3.8) is 0 Å². The second-order valence-corrected chi connectivity index (χ2v) is 5.30. The van der Waals surface area contributed by atoms with Crippen LogP contribution in [0.4, 0.5) is 10.6 Å². The molecular weight excluding hydrogens is 280 g/mol. The highest BCUT2D eigenvalue weighted by atomic mass is 16.2. The smallest absolute Gasteiger partial charge is 0.320 e. The minimum Gasteiger partial charge on any atom is -0.332 e. The van der Waals surface area contributed by atoms with E-state index in [0.29, 0.717) is 12.4 Å². The highest BCUT2D eigenvalue weighted by Gasteiger charge is 2.08. The third kappa shape index (κ3) is 2.93. The van der Waals surface area contributed by atoms with Crippen LogP contribution in [0, 0.1) is 13.8 Å². The Bertz CT molecular complexity index is 832. The van der Waals surface area contributed by atoms with Gasteiger partial charge in [0.05, 0.1) is 17.9 Å². The van der Waals surface area contributed by atoms with Crippen molar-refractivity contribution in [1.29, 1.82) is 0 Å². The molecule has 0 bridgehead atoms. The normalized spacial score (nSPS) is 10.9. The largest absolute Gasteiger partial charge is 0.332 e. The Labute approximate surface area is 128 Å². The van der Waals surface area contributed by atoms with Gasteiger partial charge in [0, 0.05) is 25.5 Å². The summed E-state index contributed by atoms with van der Waals surface area (Å²) in [6.07, 6.45) is 3.86. The molecule has 0 fully saturated rings. The molecule has 0 radical (unpaired) electrons. The third-order valence-corrected chi connectivity index (χ3v) is 3.34. The lowest BCUT2D eigenvalue weighted by Gasteiger charge is -2.05. The van der Waals surface area contributed by atoms with Gasteiger partial charge in [-0.15, -0.1) is 0 Å². The molecular formula is C15H18N6O. The zero-order chi connectivity index (χ0) is 15.7. The number of aromatic nitrogens is 4. The maximum absolute atomic E-state index is 11.9. The number of hydrogen-bond donors (Lipinski definition) is 2. The third-order valence-electron chi connectivity index (χ3n) is 3.34. The first kappa shape index (κ1) is 14.1. The van der Waals surface area contributed by atoms with Crippen LogP contribution in [-0.4, -0.2) is 25.2 Å². The van der Waals surface area contributed by atoms with Crippen LogP contribution >= 0.6 is 0 Å². The standard InChI is InChI=1S/C15H18N6O/c1-10-4-5-21-9-12(17-14(21)6-10)8-16-15(22)18-13-7-11(2)19-20(13)3/h4-7,9H,8H2,1-3H3,(H2,16,18,22). The summed E-state index contributed by atoms with van der Waals surface area (Å²) >= 11 is 0. The molecule has 2 N–H and O–H groups in total. The Kier molecular flexibility index (Phi) is 3.54. The summed E-state index contributed by atoms with van der Waals surface area (Å²) in [6, 6.07) is 5.55. The molecule has 2 amide bonds. The number of hydrogen-bond acceptors (Lipinski definition) is 3. The summed E-state index contributed by atoms with van der Waals surface area (Å²) in [6.45, 7) is 4.26. The van der Waals surface area contributed by atoms with Crippen molar-refractivity contribution in [3.8, 4) is 0 Å². The van der Waals surface area contributed by atoms with Gasteiger partial charge in [0.25, 0.3) is 0 Å². The predicted octanol–water partition coefficient (Wildman–Crippen LogP) is 2.01. The van der Waals surface area contributed by atoms with Gasteiger partial charge in [-0.05, 0) is 31.5 Å². The van der Waals surface area contributed by atoms with Crippen LogP contribution < -0.4 is 10.6 Å². The average Bonchev–Trinajstić information content (AvgIpc) is 2.99. The van der Waals surface area contributed by atoms with E-state index in [1.54, 1.807) is 11.7 Å². The molecule has 0 spiro atoms. The number of fused-ring (bicyclic) bond motifs is 1. The lowest BCUT2D eigenvalue weighted by Crippen LogP contribution is -2.29. The van der Waals surface area contributed by atoms with E-state index in [-0.39, 0.29) is 6.03 Å². The van der Waals surface area contributed by atoms with E-state index in [1.807, 2.05) is 48.8 Å². The molecule has 0 aliphatic rings. The van der Waals surface area contributed by atoms with Crippen LogP contribution in [0.15, 0.2) is 30.6 Å². The Morgan fingerprint density at radius 3 is 2.86 bits per heavy atom. The van der Waals surface area contributed by atoms with Crippen LogP contribution in [-0.2, 0) is 13.6 Å². The number of anilines is 1. The first-order valence-electron chi connectivity index (χ1n) is 7.01. The molecule has 3 aromatic rings.